The minimum atomic E-state index is -3.88. The summed E-state index contributed by atoms with van der Waals surface area (Å²) in [5.41, 5.74) is 3.99. The van der Waals surface area contributed by atoms with Crippen LogP contribution in [0.1, 0.15) is 46.7 Å². The molecule has 0 aliphatic carbocycles. The number of carbonyl (C=O) groups excluding carboxylic acids is 2. The van der Waals surface area contributed by atoms with Crippen LogP contribution >= 0.6 is 0 Å². The van der Waals surface area contributed by atoms with Crippen LogP contribution in [0.2, 0.25) is 0 Å². The Labute approximate surface area is 206 Å². The Balaban J connectivity index is 1.95. The van der Waals surface area contributed by atoms with Crippen molar-refractivity contribution in [1.82, 2.24) is 9.29 Å². The molecule has 1 amide bonds. The predicted molar refractivity (Wildman–Crippen MR) is 135 cm³/mol. The van der Waals surface area contributed by atoms with E-state index in [1.54, 1.807) is 26.0 Å². The van der Waals surface area contributed by atoms with Gasteiger partial charge in [0.1, 0.15) is 5.69 Å². The van der Waals surface area contributed by atoms with Gasteiger partial charge in [-0.25, -0.2) is 13.2 Å². The average molecular weight is 498 g/mol. The van der Waals surface area contributed by atoms with Crippen molar-refractivity contribution in [3.63, 3.8) is 0 Å². The minimum Gasteiger partial charge on any atom is -0.461 e. The zero-order valence-corrected chi connectivity index (χ0v) is 21.2. The molecule has 186 valence electrons. The number of benzene rings is 2. The quantitative estimate of drug-likeness (QED) is 0.408. The highest BCUT2D eigenvalue weighted by Crippen LogP contribution is 2.25. The fourth-order valence-corrected chi connectivity index (χ4v) is 5.26. The molecular formula is C26H31N3O5S. The van der Waals surface area contributed by atoms with Crippen molar-refractivity contribution in [3.05, 3.63) is 82.7 Å². The molecule has 8 nitrogen and oxygen atoms in total. The summed E-state index contributed by atoms with van der Waals surface area (Å²) in [6.07, 6.45) is 0.525. The highest BCUT2D eigenvalue weighted by molar-refractivity contribution is 7.89. The van der Waals surface area contributed by atoms with Gasteiger partial charge in [0.2, 0.25) is 15.9 Å². The van der Waals surface area contributed by atoms with Crippen LogP contribution in [0.3, 0.4) is 0 Å². The summed E-state index contributed by atoms with van der Waals surface area (Å²) >= 11 is 0. The molecule has 3 aromatic rings. The van der Waals surface area contributed by atoms with E-state index in [9.17, 15) is 18.0 Å². The maximum Gasteiger partial charge on any atom is 0.355 e. The number of aryl methyl sites for hydroxylation is 1. The molecule has 2 aromatic carbocycles. The number of esters is 1. The van der Waals surface area contributed by atoms with Gasteiger partial charge in [-0.1, -0.05) is 30.3 Å². The van der Waals surface area contributed by atoms with E-state index in [1.165, 1.54) is 23.4 Å². The molecule has 3 rings (SSSR count). The Morgan fingerprint density at radius 2 is 1.69 bits per heavy atom. The van der Waals surface area contributed by atoms with Gasteiger partial charge >= 0.3 is 5.97 Å². The molecule has 1 aromatic heterocycles. The number of carbonyl (C=O) groups is 2. The summed E-state index contributed by atoms with van der Waals surface area (Å²) in [5.74, 6) is -0.701. The number of ether oxygens (including phenoxy) is 1. The molecule has 35 heavy (non-hydrogen) atoms. The standard InChI is InChI=1S/C26H31N3O5S/c1-5-34-26(31)25-18(2)24(19(3)27-25)17-29(16-15-21-9-7-6-8-10-21)35(32,33)23-13-11-22(12-14-23)28-20(4)30/h6-14,27H,5,15-17H2,1-4H3,(H,28,30). The lowest BCUT2D eigenvalue weighted by Gasteiger charge is -2.23. The maximum atomic E-state index is 13.7. The van der Waals surface area contributed by atoms with Crippen LogP contribution in [-0.4, -0.2) is 42.7 Å². The first kappa shape index (κ1) is 26.2. The first-order chi connectivity index (χ1) is 16.6. The van der Waals surface area contributed by atoms with E-state index in [-0.39, 0.29) is 30.5 Å². The van der Waals surface area contributed by atoms with Crippen molar-refractivity contribution in [2.45, 2.75) is 45.6 Å². The largest absolute Gasteiger partial charge is 0.461 e. The molecule has 0 saturated carbocycles. The number of sulfonamides is 1. The van der Waals surface area contributed by atoms with E-state index >= 15 is 0 Å². The van der Waals surface area contributed by atoms with Crippen molar-refractivity contribution >= 4 is 27.6 Å². The first-order valence-electron chi connectivity index (χ1n) is 11.4. The molecule has 0 radical (unpaired) electrons. The average Bonchev–Trinajstić information content (AvgIpc) is 3.10. The number of rotatable bonds is 10. The fourth-order valence-electron chi connectivity index (χ4n) is 3.86. The number of anilines is 1. The zero-order chi connectivity index (χ0) is 25.6. The van der Waals surface area contributed by atoms with Gasteiger partial charge in [-0.2, -0.15) is 4.31 Å². The van der Waals surface area contributed by atoms with Gasteiger partial charge in [0.25, 0.3) is 0 Å². The molecule has 0 saturated heterocycles. The van der Waals surface area contributed by atoms with Crippen LogP contribution in [0.15, 0.2) is 59.5 Å². The van der Waals surface area contributed by atoms with Crippen LogP contribution < -0.4 is 5.32 Å². The molecule has 2 N–H and O–H groups in total. The van der Waals surface area contributed by atoms with E-state index in [0.29, 0.717) is 29.1 Å². The minimum absolute atomic E-state index is 0.0934. The van der Waals surface area contributed by atoms with Crippen molar-refractivity contribution < 1.29 is 22.7 Å². The summed E-state index contributed by atoms with van der Waals surface area (Å²) < 4.78 is 33.9. The Kier molecular flexibility index (Phi) is 8.48. The summed E-state index contributed by atoms with van der Waals surface area (Å²) in [5, 5.41) is 2.64. The third-order valence-electron chi connectivity index (χ3n) is 5.71. The van der Waals surface area contributed by atoms with E-state index < -0.39 is 16.0 Å². The van der Waals surface area contributed by atoms with Gasteiger partial charge in [-0.15, -0.1) is 0 Å². The van der Waals surface area contributed by atoms with E-state index in [0.717, 1.165) is 11.1 Å². The van der Waals surface area contributed by atoms with Crippen molar-refractivity contribution in [3.8, 4) is 0 Å². The predicted octanol–water partition coefficient (Wildman–Crippen LogP) is 4.20. The van der Waals surface area contributed by atoms with Gasteiger partial charge < -0.3 is 15.0 Å². The third-order valence-corrected chi connectivity index (χ3v) is 7.57. The summed E-state index contributed by atoms with van der Waals surface area (Å²) in [6.45, 7) is 7.32. The molecule has 0 fully saturated rings. The molecule has 0 atom stereocenters. The number of hydrogen-bond acceptors (Lipinski definition) is 5. The Morgan fingerprint density at radius 1 is 1.03 bits per heavy atom. The molecular weight excluding hydrogens is 466 g/mol. The number of hydrogen-bond donors (Lipinski definition) is 2. The van der Waals surface area contributed by atoms with Crippen LogP contribution in [-0.2, 0) is 32.5 Å². The third kappa shape index (κ3) is 6.37. The number of nitrogens with zero attached hydrogens (tertiary/aromatic N) is 1. The van der Waals surface area contributed by atoms with Crippen molar-refractivity contribution in [2.75, 3.05) is 18.5 Å². The highest BCUT2D eigenvalue weighted by Gasteiger charge is 2.28. The topological polar surface area (TPSA) is 109 Å². The summed E-state index contributed by atoms with van der Waals surface area (Å²) in [6, 6.07) is 15.8. The van der Waals surface area contributed by atoms with Crippen LogP contribution in [0.5, 0.6) is 0 Å². The number of aromatic nitrogens is 1. The smallest absolute Gasteiger partial charge is 0.355 e. The lowest BCUT2D eigenvalue weighted by molar-refractivity contribution is -0.114. The van der Waals surface area contributed by atoms with E-state index in [1.807, 2.05) is 37.3 Å². The number of H-pyrrole nitrogens is 1. The zero-order valence-electron chi connectivity index (χ0n) is 20.4. The molecule has 0 unspecified atom stereocenters. The van der Waals surface area contributed by atoms with Gasteiger partial charge in [-0.3, -0.25) is 4.79 Å². The van der Waals surface area contributed by atoms with Gasteiger partial charge in [-0.05, 0) is 68.1 Å². The second kappa shape index (κ2) is 11.3. The van der Waals surface area contributed by atoms with Gasteiger partial charge in [0.15, 0.2) is 0 Å². The Hall–Kier alpha value is -3.43. The van der Waals surface area contributed by atoms with Crippen molar-refractivity contribution in [2.24, 2.45) is 0 Å². The van der Waals surface area contributed by atoms with Crippen LogP contribution in [0.4, 0.5) is 5.69 Å². The van der Waals surface area contributed by atoms with E-state index in [2.05, 4.69) is 10.3 Å². The van der Waals surface area contributed by atoms with Gasteiger partial charge in [0, 0.05) is 31.4 Å². The molecule has 0 aliphatic rings. The van der Waals surface area contributed by atoms with Crippen LogP contribution in [0, 0.1) is 13.8 Å². The summed E-state index contributed by atoms with van der Waals surface area (Å²) in [4.78, 5) is 26.8. The Bertz CT molecular complexity index is 1280. The van der Waals surface area contributed by atoms with Gasteiger partial charge in [0.05, 0.1) is 11.5 Å². The second-order valence-electron chi connectivity index (χ2n) is 8.23. The molecule has 0 bridgehead atoms. The van der Waals surface area contributed by atoms with Crippen LogP contribution in [0.25, 0.3) is 0 Å². The number of amides is 1. The van der Waals surface area contributed by atoms with Crippen molar-refractivity contribution in [1.29, 1.82) is 0 Å². The molecule has 1 heterocycles. The lowest BCUT2D eigenvalue weighted by atomic mass is 10.1. The second-order valence-corrected chi connectivity index (χ2v) is 10.2. The first-order valence-corrected chi connectivity index (χ1v) is 12.8. The highest BCUT2D eigenvalue weighted by atomic mass is 32.2. The SMILES string of the molecule is CCOC(=O)c1[nH]c(C)c(CN(CCc2ccccc2)S(=O)(=O)c2ccc(NC(C)=O)cc2)c1C. The monoisotopic (exact) mass is 497 g/mol. The molecule has 9 heteroatoms. The number of aromatic amines is 1. The normalized spacial score (nSPS) is 11.5. The number of nitrogens with one attached hydrogen (secondary N) is 2. The lowest BCUT2D eigenvalue weighted by Crippen LogP contribution is -2.33. The molecule has 0 aliphatic heterocycles. The fraction of sp³-hybridized carbons (Fsp3) is 0.308. The maximum absolute atomic E-state index is 13.7. The molecule has 0 spiro atoms. The van der Waals surface area contributed by atoms with E-state index in [4.69, 9.17) is 4.74 Å². The summed E-state index contributed by atoms with van der Waals surface area (Å²) in [7, 11) is -3.88. The Morgan fingerprint density at radius 3 is 2.29 bits per heavy atom.